The average Bonchev–Trinajstić information content (AvgIpc) is 2.96. The number of ether oxygens (including phenoxy) is 2. The van der Waals surface area contributed by atoms with Crippen molar-refractivity contribution in [3.05, 3.63) is 97.9 Å². The lowest BCUT2D eigenvalue weighted by atomic mass is 9.87. The number of nitrogens with zero attached hydrogens (tertiary/aromatic N) is 1. The summed E-state index contributed by atoms with van der Waals surface area (Å²) in [5.41, 5.74) is 2.25. The Labute approximate surface area is 280 Å². The monoisotopic (exact) mass is 665 g/mol. The number of alkyl halides is 3. The molecule has 4 rings (SSSR count). The first-order valence-electron chi connectivity index (χ1n) is 16.3. The van der Waals surface area contributed by atoms with Gasteiger partial charge in [-0.2, -0.15) is 13.2 Å². The molecule has 1 heterocycles. The van der Waals surface area contributed by atoms with Crippen LogP contribution in [0.1, 0.15) is 92.4 Å². The maximum atomic E-state index is 14.7. The molecule has 4 aromatic rings. The third-order valence-electron chi connectivity index (χ3n) is 8.13. The van der Waals surface area contributed by atoms with Gasteiger partial charge in [-0.05, 0) is 90.6 Å². The molecule has 0 radical (unpaired) electrons. The number of benzene rings is 3. The van der Waals surface area contributed by atoms with Crippen molar-refractivity contribution in [1.29, 1.82) is 0 Å². The Kier molecular flexibility index (Phi) is 10.8. The van der Waals surface area contributed by atoms with Crippen LogP contribution in [-0.2, 0) is 18.1 Å². The van der Waals surface area contributed by atoms with Crippen LogP contribution in [0.2, 0.25) is 0 Å². The van der Waals surface area contributed by atoms with Crippen molar-refractivity contribution in [2.75, 3.05) is 13.1 Å². The minimum atomic E-state index is -5.07. The van der Waals surface area contributed by atoms with Gasteiger partial charge in [0.05, 0.1) is 16.5 Å². The van der Waals surface area contributed by atoms with E-state index in [2.05, 4.69) is 25.7 Å². The summed E-state index contributed by atoms with van der Waals surface area (Å²) in [5.74, 6) is -2.58. The molecule has 0 fully saturated rings. The van der Waals surface area contributed by atoms with E-state index >= 15 is 0 Å². The van der Waals surface area contributed by atoms with Crippen molar-refractivity contribution in [3.63, 3.8) is 0 Å². The summed E-state index contributed by atoms with van der Waals surface area (Å²) in [6, 6.07) is 13.2. The topological polar surface area (TPSA) is 69.0 Å². The molecule has 0 aliphatic rings. The maximum Gasteiger partial charge on any atom is 0.453 e. The normalized spacial score (nSPS) is 12.4. The van der Waals surface area contributed by atoms with Gasteiger partial charge in [-0.25, -0.2) is 4.79 Å². The molecule has 0 bridgehead atoms. The molecule has 0 N–H and O–H groups in total. The maximum absolute atomic E-state index is 14.7. The van der Waals surface area contributed by atoms with E-state index < -0.39 is 29.1 Å². The van der Waals surface area contributed by atoms with Crippen molar-refractivity contribution in [2.24, 2.45) is 11.8 Å². The zero-order chi connectivity index (χ0) is 35.7. The minimum Gasteiger partial charge on any atom is -0.449 e. The Morgan fingerprint density at radius 3 is 2.02 bits per heavy atom. The van der Waals surface area contributed by atoms with Crippen LogP contribution in [0.5, 0.6) is 17.2 Å². The van der Waals surface area contributed by atoms with E-state index in [9.17, 15) is 22.8 Å². The van der Waals surface area contributed by atoms with E-state index in [1.54, 1.807) is 32.0 Å². The number of aryl methyl sites for hydroxylation is 2. The number of rotatable bonds is 10. The molecule has 48 heavy (non-hydrogen) atoms. The van der Waals surface area contributed by atoms with E-state index in [1.807, 2.05) is 52.8 Å². The summed E-state index contributed by atoms with van der Waals surface area (Å²) >= 11 is 0. The molecule has 258 valence electrons. The molecule has 0 atom stereocenters. The first-order valence-corrected chi connectivity index (χ1v) is 16.3. The van der Waals surface area contributed by atoms with E-state index in [-0.39, 0.29) is 57.4 Å². The highest BCUT2D eigenvalue weighted by Gasteiger charge is 2.41. The standard InChI is InChI=1S/C39H46F3NO5/c1-22(2)19-43(20-23(3)4)21-30-31(47-37(45)27-11-13-28(14-12-27)38(8,9)10)16-15-29-33(44)35(36(39(40,41)42)48-34(29)30)46-32-18-24(5)17-25(6)26(32)7/h11-18,22-23H,19-21H2,1-10H3. The number of hydrogen-bond donors (Lipinski definition) is 0. The summed E-state index contributed by atoms with van der Waals surface area (Å²) in [4.78, 5) is 29.4. The molecule has 0 amide bonds. The second-order valence-electron chi connectivity index (χ2n) is 14.5. The third kappa shape index (κ3) is 8.48. The highest BCUT2D eigenvalue weighted by Crippen LogP contribution is 2.41. The van der Waals surface area contributed by atoms with Gasteiger partial charge in [0.2, 0.25) is 11.2 Å². The van der Waals surface area contributed by atoms with Gasteiger partial charge in [-0.15, -0.1) is 0 Å². The molecular formula is C39H46F3NO5. The molecule has 0 saturated heterocycles. The summed E-state index contributed by atoms with van der Waals surface area (Å²) in [6.07, 6.45) is -5.07. The van der Waals surface area contributed by atoms with Crippen molar-refractivity contribution in [1.82, 2.24) is 4.90 Å². The van der Waals surface area contributed by atoms with Crippen molar-refractivity contribution < 1.29 is 31.9 Å². The van der Waals surface area contributed by atoms with Crippen LogP contribution in [0.3, 0.4) is 0 Å². The van der Waals surface area contributed by atoms with Crippen LogP contribution >= 0.6 is 0 Å². The Morgan fingerprint density at radius 1 is 0.875 bits per heavy atom. The Morgan fingerprint density at radius 2 is 1.48 bits per heavy atom. The highest BCUT2D eigenvalue weighted by atomic mass is 19.4. The molecule has 6 nitrogen and oxygen atoms in total. The third-order valence-corrected chi connectivity index (χ3v) is 8.13. The smallest absolute Gasteiger partial charge is 0.449 e. The first kappa shape index (κ1) is 36.7. The lowest BCUT2D eigenvalue weighted by Gasteiger charge is -2.27. The second-order valence-corrected chi connectivity index (χ2v) is 14.5. The van der Waals surface area contributed by atoms with Gasteiger partial charge in [0, 0.05) is 19.6 Å². The molecule has 0 unspecified atom stereocenters. The van der Waals surface area contributed by atoms with Gasteiger partial charge < -0.3 is 13.9 Å². The van der Waals surface area contributed by atoms with E-state index in [0.717, 1.165) is 16.7 Å². The van der Waals surface area contributed by atoms with Crippen LogP contribution in [0, 0.1) is 32.6 Å². The molecule has 0 saturated carbocycles. The number of hydrogen-bond acceptors (Lipinski definition) is 6. The fourth-order valence-corrected chi connectivity index (χ4v) is 5.75. The van der Waals surface area contributed by atoms with Crippen LogP contribution in [0.4, 0.5) is 13.2 Å². The van der Waals surface area contributed by atoms with Crippen LogP contribution in [0.15, 0.2) is 57.7 Å². The molecule has 0 aliphatic heterocycles. The van der Waals surface area contributed by atoms with Crippen molar-refractivity contribution in [2.45, 2.75) is 87.4 Å². The average molecular weight is 666 g/mol. The van der Waals surface area contributed by atoms with Crippen LogP contribution in [-0.4, -0.2) is 24.0 Å². The minimum absolute atomic E-state index is 0.0139. The van der Waals surface area contributed by atoms with Crippen molar-refractivity contribution >= 4 is 16.9 Å². The lowest BCUT2D eigenvalue weighted by molar-refractivity contribution is -0.154. The number of halogens is 3. The predicted octanol–water partition coefficient (Wildman–Crippen LogP) is 10.2. The largest absolute Gasteiger partial charge is 0.453 e. The van der Waals surface area contributed by atoms with Gasteiger partial charge >= 0.3 is 12.1 Å². The van der Waals surface area contributed by atoms with Gasteiger partial charge in [0.25, 0.3) is 5.76 Å². The molecule has 1 aromatic heterocycles. The quantitative estimate of drug-likeness (QED) is 0.124. The second kappa shape index (κ2) is 14.2. The predicted molar refractivity (Wildman–Crippen MR) is 183 cm³/mol. The van der Waals surface area contributed by atoms with Gasteiger partial charge in [0.15, 0.2) is 0 Å². The van der Waals surface area contributed by atoms with Gasteiger partial charge in [-0.1, -0.05) is 66.7 Å². The Bertz CT molecular complexity index is 1840. The van der Waals surface area contributed by atoms with Crippen LogP contribution < -0.4 is 14.9 Å². The first-order chi connectivity index (χ1) is 22.3. The zero-order valence-corrected chi connectivity index (χ0v) is 29.5. The highest BCUT2D eigenvalue weighted by molar-refractivity contribution is 5.92. The Hall–Kier alpha value is -4.11. The van der Waals surface area contributed by atoms with Gasteiger partial charge in [-0.3, -0.25) is 9.69 Å². The Balaban J connectivity index is 1.93. The SMILES string of the molecule is Cc1cc(C)c(C)c(Oc2c(C(F)(F)F)oc3c(CN(CC(C)C)CC(C)C)c(OC(=O)c4ccc(C(C)(C)C)cc4)ccc3c2=O)c1. The summed E-state index contributed by atoms with van der Waals surface area (Å²) in [5, 5.41) is -0.113. The summed E-state index contributed by atoms with van der Waals surface area (Å²) < 4.78 is 61.4. The number of carbonyl (C=O) groups is 1. The van der Waals surface area contributed by atoms with E-state index in [1.165, 1.54) is 12.1 Å². The fraction of sp³-hybridized carbons (Fsp3) is 0.436. The molecule has 3 aromatic carbocycles. The molecule has 0 spiro atoms. The summed E-state index contributed by atoms with van der Waals surface area (Å²) in [6.45, 7) is 21.0. The molecule has 0 aliphatic carbocycles. The fourth-order valence-electron chi connectivity index (χ4n) is 5.75. The van der Waals surface area contributed by atoms with E-state index in [4.69, 9.17) is 13.9 Å². The molecule has 9 heteroatoms. The zero-order valence-electron chi connectivity index (χ0n) is 29.5. The van der Waals surface area contributed by atoms with E-state index in [0.29, 0.717) is 18.7 Å². The molecular weight excluding hydrogens is 619 g/mol. The number of fused-ring (bicyclic) bond motifs is 1. The summed E-state index contributed by atoms with van der Waals surface area (Å²) in [7, 11) is 0. The number of carbonyl (C=O) groups excluding carboxylic acids is 1. The lowest BCUT2D eigenvalue weighted by Crippen LogP contribution is -2.31. The van der Waals surface area contributed by atoms with Crippen LogP contribution in [0.25, 0.3) is 11.0 Å². The van der Waals surface area contributed by atoms with Gasteiger partial charge in [0.1, 0.15) is 17.1 Å². The number of esters is 1. The van der Waals surface area contributed by atoms with Crippen molar-refractivity contribution in [3.8, 4) is 17.2 Å².